The number of nitrogens with zero attached hydrogens (tertiary/aromatic N) is 3. The summed E-state index contributed by atoms with van der Waals surface area (Å²) in [5.41, 5.74) is -0.828. The van der Waals surface area contributed by atoms with E-state index in [1.807, 2.05) is 19.1 Å². The van der Waals surface area contributed by atoms with Gasteiger partial charge in [-0.05, 0) is 31.9 Å². The first-order valence-electron chi connectivity index (χ1n) is 9.11. The molecule has 0 saturated carbocycles. The van der Waals surface area contributed by atoms with Crippen molar-refractivity contribution in [2.45, 2.75) is 43.0 Å². The zero-order valence-electron chi connectivity index (χ0n) is 15.7. The lowest BCUT2D eigenvalue weighted by atomic mass is 9.71. The number of carbonyl (C=O) groups excluding carboxylic acids is 2. The highest BCUT2D eigenvalue weighted by Crippen LogP contribution is 2.67. The van der Waals surface area contributed by atoms with Crippen molar-refractivity contribution < 1.29 is 19.1 Å². The van der Waals surface area contributed by atoms with Gasteiger partial charge in [0, 0.05) is 19.4 Å². The van der Waals surface area contributed by atoms with Crippen LogP contribution in [0, 0.1) is 28.6 Å². The quantitative estimate of drug-likeness (QED) is 0.682. The Morgan fingerprint density at radius 2 is 1.89 bits per heavy atom. The fourth-order valence-electron chi connectivity index (χ4n) is 5.38. The summed E-state index contributed by atoms with van der Waals surface area (Å²) in [7, 11) is 1.68. The summed E-state index contributed by atoms with van der Waals surface area (Å²) >= 11 is 1.39. The van der Waals surface area contributed by atoms with Gasteiger partial charge in [-0.2, -0.15) is 5.26 Å². The van der Waals surface area contributed by atoms with Crippen LogP contribution in [-0.2, 0) is 19.1 Å². The third-order valence-corrected chi connectivity index (χ3v) is 8.55. The molecule has 4 saturated heterocycles. The van der Waals surface area contributed by atoms with E-state index in [1.54, 1.807) is 23.8 Å². The van der Waals surface area contributed by atoms with Gasteiger partial charge in [-0.1, -0.05) is 18.7 Å². The predicted molar refractivity (Wildman–Crippen MR) is 96.3 cm³/mol. The minimum atomic E-state index is -0.981. The number of hydrogen-bond acceptors (Lipinski definition) is 6. The molecule has 0 aromatic rings. The second-order valence-electron chi connectivity index (χ2n) is 8.46. The number of likely N-dealkylation sites (N-methyl/N-ethyl adjacent to an activating group) is 1. The van der Waals surface area contributed by atoms with Crippen LogP contribution in [0.4, 0.5) is 0 Å². The molecular formula is C19H21N3O4S. The van der Waals surface area contributed by atoms with E-state index in [1.165, 1.54) is 11.8 Å². The van der Waals surface area contributed by atoms with Gasteiger partial charge in [-0.25, -0.2) is 0 Å². The Bertz CT molecular complexity index is 894. The van der Waals surface area contributed by atoms with Crippen LogP contribution < -0.4 is 0 Å². The van der Waals surface area contributed by atoms with Gasteiger partial charge in [0.05, 0.1) is 17.5 Å². The van der Waals surface area contributed by atoms with Crippen LogP contribution in [0.2, 0.25) is 0 Å². The Labute approximate surface area is 161 Å². The number of thioether (sulfide) groups is 1. The van der Waals surface area contributed by atoms with Gasteiger partial charge >= 0.3 is 0 Å². The van der Waals surface area contributed by atoms with Gasteiger partial charge in [0.1, 0.15) is 0 Å². The number of nitriles is 1. The molecular weight excluding hydrogens is 366 g/mol. The normalized spacial score (nSPS) is 47.1. The largest absolute Gasteiger partial charge is 0.454 e. The zero-order valence-corrected chi connectivity index (χ0v) is 16.5. The van der Waals surface area contributed by atoms with E-state index in [9.17, 15) is 14.9 Å². The minimum Gasteiger partial charge on any atom is -0.454 e. The van der Waals surface area contributed by atoms with E-state index >= 15 is 0 Å². The molecule has 1 spiro atoms. The average molecular weight is 387 g/mol. The maximum Gasteiger partial charge on any atom is 0.260 e. The van der Waals surface area contributed by atoms with Crippen molar-refractivity contribution in [1.82, 2.24) is 9.80 Å². The minimum absolute atomic E-state index is 0.0517. The lowest BCUT2D eigenvalue weighted by Gasteiger charge is -2.43. The molecule has 2 amide bonds. The molecule has 7 nitrogen and oxygen atoms in total. The third-order valence-electron chi connectivity index (χ3n) is 6.85. The number of allylic oxidation sites excluding steroid dienone is 1. The SMILES string of the molecule is CC1C=C2OCOC2=C[C@@H]1C1N2C(=O)[C@@]3(C)SC2(C[C@]1(C)C#N)C(=O)N3C. The molecule has 0 aromatic carbocycles. The van der Waals surface area contributed by atoms with Crippen LogP contribution in [-0.4, -0.2) is 51.2 Å². The van der Waals surface area contributed by atoms with Gasteiger partial charge in [-0.3, -0.25) is 9.59 Å². The summed E-state index contributed by atoms with van der Waals surface area (Å²) in [6.07, 6.45) is 4.32. The van der Waals surface area contributed by atoms with Crippen molar-refractivity contribution >= 4 is 23.6 Å². The molecule has 8 heteroatoms. The molecule has 4 heterocycles. The number of amides is 2. The van der Waals surface area contributed by atoms with Crippen LogP contribution in [0.25, 0.3) is 0 Å². The molecule has 27 heavy (non-hydrogen) atoms. The summed E-state index contributed by atoms with van der Waals surface area (Å²) in [6, 6.07) is 2.05. The number of piperazine rings is 1. The Morgan fingerprint density at radius 1 is 1.22 bits per heavy atom. The molecule has 4 fully saturated rings. The van der Waals surface area contributed by atoms with E-state index in [0.717, 1.165) is 5.76 Å². The fraction of sp³-hybridized carbons (Fsp3) is 0.632. The van der Waals surface area contributed by atoms with E-state index < -0.39 is 21.2 Å². The van der Waals surface area contributed by atoms with E-state index in [2.05, 4.69) is 13.0 Å². The number of ether oxygens (including phenoxy) is 2. The van der Waals surface area contributed by atoms with Crippen molar-refractivity contribution in [3.63, 3.8) is 0 Å². The standard InChI is InChI=1S/C19H21N3O4S/c1-10-5-12-13(26-9-25-12)6-11(10)14-17(2,8-20)7-19-16(24)21(4)18(3,27-19)15(23)22(14)19/h5-6,10-11,14H,7,9H2,1-4H3/t10?,11-,14?,17+,18+,19?/m0/s1. The van der Waals surface area contributed by atoms with Crippen molar-refractivity contribution in [2.24, 2.45) is 17.3 Å². The number of fused-ring (bicyclic) bond motifs is 2. The first-order chi connectivity index (χ1) is 12.7. The van der Waals surface area contributed by atoms with Crippen LogP contribution in [0.5, 0.6) is 0 Å². The number of carbonyl (C=O) groups is 2. The second-order valence-corrected chi connectivity index (χ2v) is 10.1. The van der Waals surface area contributed by atoms with Crippen molar-refractivity contribution in [1.29, 1.82) is 5.26 Å². The van der Waals surface area contributed by atoms with Crippen LogP contribution in [0.1, 0.15) is 27.2 Å². The molecule has 1 aliphatic carbocycles. The first kappa shape index (κ1) is 17.0. The fourth-order valence-corrected chi connectivity index (χ4v) is 7.33. The van der Waals surface area contributed by atoms with E-state index in [-0.39, 0.29) is 30.4 Å². The lowest BCUT2D eigenvalue weighted by Crippen LogP contribution is -2.63. The second kappa shape index (κ2) is 4.82. The Balaban J connectivity index is 1.65. The third kappa shape index (κ3) is 1.74. The highest BCUT2D eigenvalue weighted by atomic mass is 32.2. The smallest absolute Gasteiger partial charge is 0.260 e. The topological polar surface area (TPSA) is 82.9 Å². The molecule has 4 aliphatic heterocycles. The van der Waals surface area contributed by atoms with E-state index in [0.29, 0.717) is 12.2 Å². The highest BCUT2D eigenvalue weighted by molar-refractivity contribution is 8.04. The average Bonchev–Trinajstić information content (AvgIpc) is 3.28. The maximum atomic E-state index is 13.4. The lowest BCUT2D eigenvalue weighted by molar-refractivity contribution is -0.160. The van der Waals surface area contributed by atoms with Crippen LogP contribution in [0.15, 0.2) is 23.7 Å². The van der Waals surface area contributed by atoms with Gasteiger partial charge < -0.3 is 19.3 Å². The number of rotatable bonds is 1. The molecule has 142 valence electrons. The maximum absolute atomic E-state index is 13.4. The molecule has 5 rings (SSSR count). The van der Waals surface area contributed by atoms with Gasteiger partial charge in [0.15, 0.2) is 21.3 Å². The molecule has 0 N–H and O–H groups in total. The zero-order chi connectivity index (χ0) is 19.4. The summed E-state index contributed by atoms with van der Waals surface area (Å²) in [6.45, 7) is 5.91. The van der Waals surface area contributed by atoms with E-state index in [4.69, 9.17) is 9.47 Å². The monoisotopic (exact) mass is 387 g/mol. The predicted octanol–water partition coefficient (Wildman–Crippen LogP) is 1.79. The van der Waals surface area contributed by atoms with Crippen LogP contribution in [0.3, 0.4) is 0 Å². The molecule has 6 atom stereocenters. The molecule has 2 bridgehead atoms. The first-order valence-corrected chi connectivity index (χ1v) is 9.93. The Kier molecular flexibility index (Phi) is 3.03. The Morgan fingerprint density at radius 3 is 2.56 bits per heavy atom. The summed E-state index contributed by atoms with van der Waals surface area (Å²) in [4.78, 5) is 28.0. The van der Waals surface area contributed by atoms with Crippen molar-refractivity contribution in [3.05, 3.63) is 23.7 Å². The molecule has 0 aromatic heterocycles. The number of hydrogen-bond donors (Lipinski definition) is 0. The van der Waals surface area contributed by atoms with Gasteiger partial charge in [0.2, 0.25) is 6.79 Å². The highest BCUT2D eigenvalue weighted by Gasteiger charge is 2.79. The molecule has 5 aliphatic rings. The molecule has 3 unspecified atom stereocenters. The van der Waals surface area contributed by atoms with Crippen molar-refractivity contribution in [3.8, 4) is 6.07 Å². The molecule has 0 radical (unpaired) electrons. The Hall–Kier alpha value is -2.14. The summed E-state index contributed by atoms with van der Waals surface area (Å²) < 4.78 is 11.0. The van der Waals surface area contributed by atoms with Gasteiger partial charge in [0.25, 0.3) is 11.8 Å². The van der Waals surface area contributed by atoms with Crippen LogP contribution >= 0.6 is 11.8 Å². The summed E-state index contributed by atoms with van der Waals surface area (Å²) in [5.74, 6) is 1.15. The summed E-state index contributed by atoms with van der Waals surface area (Å²) in [5, 5.41) is 10.1. The van der Waals surface area contributed by atoms with Gasteiger partial charge in [-0.15, -0.1) is 0 Å². The van der Waals surface area contributed by atoms with Crippen molar-refractivity contribution in [2.75, 3.05) is 13.8 Å².